The van der Waals surface area contributed by atoms with Crippen molar-refractivity contribution in [3.8, 4) is 0 Å². The molecule has 0 aliphatic heterocycles. The standard InChI is InChI=1S/C5H5.4C3H7.C2H5NO.Y/c1-2-4-5-3-1;4*1-3-2;1-2(3)4;/h1-3H,4H2;4*3H,1-2H3;1H3,(H2,3,4);/q;;;;;;+1/p-1. The molecule has 1 aliphatic carbocycles. The van der Waals surface area contributed by atoms with E-state index in [2.05, 4.69) is 76.1 Å². The van der Waals surface area contributed by atoms with E-state index in [-0.39, 0.29) is 5.91 Å². The summed E-state index contributed by atoms with van der Waals surface area (Å²) in [4.78, 5) is 12.5. The maximum atomic E-state index is 12.5. The van der Waals surface area contributed by atoms with E-state index in [9.17, 15) is 4.79 Å². The molecular formula is C19H37NOY. The van der Waals surface area contributed by atoms with Gasteiger partial charge in [0, 0.05) is 0 Å². The van der Waals surface area contributed by atoms with E-state index < -0.39 is 22.5 Å². The van der Waals surface area contributed by atoms with Crippen molar-refractivity contribution in [2.24, 2.45) is 0 Å². The first kappa shape index (κ1) is 20.1. The molecular weight excluding hydrogens is 347 g/mol. The van der Waals surface area contributed by atoms with Crippen molar-refractivity contribution >= 4 is 5.91 Å². The molecule has 0 radical (unpaired) electrons. The number of carbonyl (C=O) groups is 1. The number of allylic oxidation sites excluding steroid dienone is 4. The second-order valence-corrected chi connectivity index (χ2v) is 38.3. The molecule has 0 atom stereocenters. The topological polar surface area (TPSA) is 29.1 Å². The molecule has 1 rings (SSSR count). The molecule has 0 spiro atoms. The molecule has 0 bridgehead atoms. The van der Waals surface area contributed by atoms with Crippen molar-refractivity contribution in [3.05, 3.63) is 20.6 Å². The van der Waals surface area contributed by atoms with E-state index in [1.54, 1.807) is 9.31 Å². The average Bonchev–Trinajstić information content (AvgIpc) is 2.88. The maximum absolute atomic E-state index is 12.5. The summed E-state index contributed by atoms with van der Waals surface area (Å²) in [6, 6.07) is 0. The first-order valence-corrected chi connectivity index (χ1v) is 18.6. The normalized spacial score (nSPS) is 18.9. The minimum atomic E-state index is -4.56. The van der Waals surface area contributed by atoms with Crippen molar-refractivity contribution in [3.63, 3.8) is 0 Å². The van der Waals surface area contributed by atoms with Gasteiger partial charge in [-0.15, -0.1) is 0 Å². The summed E-state index contributed by atoms with van der Waals surface area (Å²) in [6.45, 7) is 20.7. The van der Waals surface area contributed by atoms with Gasteiger partial charge in [0.25, 0.3) is 0 Å². The first-order chi connectivity index (χ1) is 9.97. The van der Waals surface area contributed by atoms with E-state index in [4.69, 9.17) is 0 Å². The van der Waals surface area contributed by atoms with Crippen molar-refractivity contribution in [2.75, 3.05) is 0 Å². The zero-order chi connectivity index (χ0) is 17.4. The predicted octanol–water partition coefficient (Wildman–Crippen LogP) is 6.42. The van der Waals surface area contributed by atoms with Crippen molar-refractivity contribution in [2.45, 2.75) is 79.6 Å². The third kappa shape index (κ3) is 1.77. The van der Waals surface area contributed by atoms with Crippen LogP contribution in [0.5, 0.6) is 0 Å². The summed E-state index contributed by atoms with van der Waals surface area (Å²) in [6.07, 6.45) is 7.81. The molecule has 2 nitrogen and oxygen atoms in total. The second-order valence-electron chi connectivity index (χ2n) is 9.68. The number of nitrogens with one attached hydrogen (secondary N) is 1. The van der Waals surface area contributed by atoms with Gasteiger partial charge in [0.1, 0.15) is 0 Å². The molecule has 0 fully saturated rings. The zero-order valence-electron chi connectivity index (χ0n) is 16.2. The van der Waals surface area contributed by atoms with E-state index >= 15 is 0 Å². The summed E-state index contributed by atoms with van der Waals surface area (Å²) in [5.41, 5.74) is 0. The van der Waals surface area contributed by atoms with Crippen LogP contribution in [0.1, 0.15) is 68.7 Å². The number of amides is 1. The first-order valence-electron chi connectivity index (χ1n) is 9.20. The van der Waals surface area contributed by atoms with Gasteiger partial charge in [-0.2, -0.15) is 0 Å². The summed E-state index contributed by atoms with van der Waals surface area (Å²) in [5, 5.41) is 0. The molecule has 0 saturated heterocycles. The van der Waals surface area contributed by atoms with Crippen LogP contribution in [0.15, 0.2) is 20.6 Å². The van der Waals surface area contributed by atoms with Crippen molar-refractivity contribution in [1.29, 1.82) is 0 Å². The molecule has 1 N–H and O–H groups in total. The Labute approximate surface area is 135 Å². The molecule has 22 heavy (non-hydrogen) atoms. The van der Waals surface area contributed by atoms with Gasteiger partial charge in [-0.05, 0) is 0 Å². The Morgan fingerprint density at radius 1 is 0.955 bits per heavy atom. The number of hydrogen-bond acceptors (Lipinski definition) is 1. The SMILES string of the molecule is CC(=O)[NH][Y]([C]1=CC=CC1)([CH](C)C)([CH](C)C)([CH](C)C)[CH](C)C. The monoisotopic (exact) mass is 384 g/mol. The van der Waals surface area contributed by atoms with Crippen LogP contribution in [0.4, 0.5) is 0 Å². The van der Waals surface area contributed by atoms with Gasteiger partial charge >= 0.3 is 136 Å². The Balaban J connectivity index is 4.15. The van der Waals surface area contributed by atoms with Gasteiger partial charge in [-0.1, -0.05) is 0 Å². The fraction of sp³-hybridized carbons (Fsp3) is 0.737. The molecule has 0 aromatic carbocycles. The van der Waals surface area contributed by atoms with Gasteiger partial charge in [0.2, 0.25) is 0 Å². The van der Waals surface area contributed by atoms with Gasteiger partial charge in [0.15, 0.2) is 0 Å². The molecule has 0 unspecified atom stereocenters. The van der Waals surface area contributed by atoms with Crippen LogP contribution in [0.25, 0.3) is 0 Å². The number of rotatable bonds is 6. The quantitative estimate of drug-likeness (QED) is 0.562. The van der Waals surface area contributed by atoms with Crippen molar-refractivity contribution < 1.29 is 27.3 Å². The molecule has 3 heteroatoms. The van der Waals surface area contributed by atoms with Crippen LogP contribution in [0.3, 0.4) is 0 Å². The summed E-state index contributed by atoms with van der Waals surface area (Å²) in [7, 11) is 0. The fourth-order valence-corrected chi connectivity index (χ4v) is 50.0. The Morgan fingerprint density at radius 3 is 1.59 bits per heavy atom. The van der Waals surface area contributed by atoms with E-state index in [1.165, 1.54) is 0 Å². The van der Waals surface area contributed by atoms with Gasteiger partial charge in [-0.3, -0.25) is 0 Å². The van der Waals surface area contributed by atoms with Gasteiger partial charge in [0.05, 0.1) is 0 Å². The molecule has 0 aromatic heterocycles. The number of hydrogen-bond donors (Lipinski definition) is 1. The second kappa shape index (κ2) is 5.85. The molecule has 127 valence electrons. The summed E-state index contributed by atoms with van der Waals surface area (Å²) >= 11 is -4.56. The van der Waals surface area contributed by atoms with E-state index in [1.807, 2.05) is 0 Å². The zero-order valence-corrected chi connectivity index (χ0v) is 19.1. The van der Waals surface area contributed by atoms with Crippen LogP contribution < -0.4 is 2.45 Å². The Hall–Kier alpha value is 0.0539. The molecule has 0 aromatic rings. The summed E-state index contributed by atoms with van der Waals surface area (Å²) < 4.78 is 7.29. The third-order valence-electron chi connectivity index (χ3n) is 9.74. The van der Waals surface area contributed by atoms with Gasteiger partial charge < -0.3 is 0 Å². The molecule has 1 amide bonds. The fourth-order valence-electron chi connectivity index (χ4n) is 8.73. The Bertz CT molecular complexity index is 476. The van der Waals surface area contributed by atoms with Crippen LogP contribution in [-0.4, -0.2) is 5.91 Å². The molecule has 1 aliphatic rings. The van der Waals surface area contributed by atoms with Crippen LogP contribution in [-0.2, 0) is 27.3 Å². The summed E-state index contributed by atoms with van der Waals surface area (Å²) in [5.74, 6) is 0.151. The van der Waals surface area contributed by atoms with E-state index in [0.29, 0.717) is 10.9 Å². The average molecular weight is 384 g/mol. The third-order valence-corrected chi connectivity index (χ3v) is 54.7. The van der Waals surface area contributed by atoms with E-state index in [0.717, 1.165) is 6.42 Å². The van der Waals surface area contributed by atoms with Crippen LogP contribution in [0.2, 0.25) is 10.9 Å². The van der Waals surface area contributed by atoms with Crippen LogP contribution in [0, 0.1) is 0 Å². The number of carbonyl (C=O) groups excluding carboxylic acids is 1. The predicted molar refractivity (Wildman–Crippen MR) is 96.0 cm³/mol. The van der Waals surface area contributed by atoms with Crippen LogP contribution >= 0.6 is 0 Å². The minimum absolute atomic E-state index is 0.151. The Kier molecular flexibility index (Phi) is 5.34. The van der Waals surface area contributed by atoms with Gasteiger partial charge in [-0.25, -0.2) is 0 Å². The van der Waals surface area contributed by atoms with Crippen molar-refractivity contribution in [1.82, 2.24) is 2.45 Å². The molecule has 0 heterocycles. The molecule has 0 saturated carbocycles. The Morgan fingerprint density at radius 2 is 1.36 bits per heavy atom.